The second-order valence-corrected chi connectivity index (χ2v) is 7.16. The van der Waals surface area contributed by atoms with Gasteiger partial charge in [-0.25, -0.2) is 19.4 Å². The number of aryl methyl sites for hydroxylation is 1. The van der Waals surface area contributed by atoms with E-state index in [4.69, 9.17) is 14.2 Å². The Labute approximate surface area is 168 Å². The fourth-order valence-electron chi connectivity index (χ4n) is 2.49. The molecule has 0 aliphatic carbocycles. The van der Waals surface area contributed by atoms with E-state index in [0.717, 1.165) is 0 Å². The predicted molar refractivity (Wildman–Crippen MR) is 106 cm³/mol. The summed E-state index contributed by atoms with van der Waals surface area (Å²) in [7, 11) is 1.27. The first-order valence-electron chi connectivity index (χ1n) is 9.02. The summed E-state index contributed by atoms with van der Waals surface area (Å²) >= 11 is 0. The number of anilines is 1. The zero-order chi connectivity index (χ0) is 21.8. The van der Waals surface area contributed by atoms with Crippen LogP contribution >= 0.6 is 0 Å². The zero-order valence-corrected chi connectivity index (χ0v) is 17.3. The molecule has 9 heteroatoms. The van der Waals surface area contributed by atoms with Gasteiger partial charge in [-0.15, -0.1) is 0 Å². The Hall–Kier alpha value is -3.36. The third kappa shape index (κ3) is 5.56. The summed E-state index contributed by atoms with van der Waals surface area (Å²) in [6.07, 6.45) is -0.668. The molecular weight excluding hydrogens is 378 g/mol. The molecule has 0 unspecified atom stereocenters. The van der Waals surface area contributed by atoms with Crippen molar-refractivity contribution in [3.63, 3.8) is 0 Å². The number of hydrogen-bond acceptors (Lipinski definition) is 7. The van der Waals surface area contributed by atoms with Crippen molar-refractivity contribution < 1.29 is 28.6 Å². The lowest BCUT2D eigenvalue weighted by atomic mass is 10.1. The van der Waals surface area contributed by atoms with E-state index in [0.29, 0.717) is 16.9 Å². The van der Waals surface area contributed by atoms with E-state index in [9.17, 15) is 14.4 Å². The van der Waals surface area contributed by atoms with Crippen LogP contribution in [0, 0.1) is 6.92 Å². The van der Waals surface area contributed by atoms with Gasteiger partial charge in [-0.05, 0) is 52.8 Å². The Bertz CT molecular complexity index is 927. The molecule has 1 aromatic heterocycles. The van der Waals surface area contributed by atoms with Crippen molar-refractivity contribution in [2.24, 2.45) is 0 Å². The maximum Gasteiger partial charge on any atom is 0.412 e. The summed E-state index contributed by atoms with van der Waals surface area (Å²) in [5.74, 6) is -0.843. The van der Waals surface area contributed by atoms with E-state index >= 15 is 0 Å². The van der Waals surface area contributed by atoms with Crippen LogP contribution in [0.5, 0.6) is 0 Å². The minimum absolute atomic E-state index is 0.119. The van der Waals surface area contributed by atoms with E-state index in [1.165, 1.54) is 25.3 Å². The molecule has 2 N–H and O–H groups in total. The molecule has 0 spiro atoms. The molecule has 2 aromatic rings. The highest BCUT2D eigenvalue weighted by molar-refractivity contribution is 5.96. The van der Waals surface area contributed by atoms with Gasteiger partial charge >= 0.3 is 18.0 Å². The molecule has 0 atom stereocenters. The third-order valence-electron chi connectivity index (χ3n) is 3.68. The standard InChI is InChI=1S/C20H25N3O6/c1-7-28-18(25)15-11(2)21-16(23-15)13-10-12(17(24)27-6)8-9-14(13)22-19(26)29-20(3,4)5/h8-10H,7H2,1-6H3,(H,21,23)(H,22,26). The number of benzene rings is 1. The fourth-order valence-corrected chi connectivity index (χ4v) is 2.49. The molecule has 0 fully saturated rings. The van der Waals surface area contributed by atoms with Crippen LogP contribution < -0.4 is 5.32 Å². The number of hydrogen-bond donors (Lipinski definition) is 2. The smallest absolute Gasteiger partial charge is 0.412 e. The Kier molecular flexibility index (Phi) is 6.63. The van der Waals surface area contributed by atoms with Crippen molar-refractivity contribution in [3.8, 4) is 11.4 Å². The second kappa shape index (κ2) is 8.76. The Morgan fingerprint density at radius 1 is 1.17 bits per heavy atom. The van der Waals surface area contributed by atoms with Gasteiger partial charge in [-0.2, -0.15) is 0 Å². The van der Waals surface area contributed by atoms with Gasteiger partial charge in [-0.1, -0.05) is 0 Å². The van der Waals surface area contributed by atoms with Gasteiger partial charge in [-0.3, -0.25) is 5.32 Å². The molecule has 156 valence electrons. The Morgan fingerprint density at radius 3 is 2.45 bits per heavy atom. The van der Waals surface area contributed by atoms with Crippen molar-refractivity contribution >= 4 is 23.7 Å². The molecule has 0 saturated heterocycles. The number of carbonyl (C=O) groups is 3. The average Bonchev–Trinajstić information content (AvgIpc) is 3.01. The predicted octanol–water partition coefficient (Wildman–Crippen LogP) is 3.70. The average molecular weight is 403 g/mol. The number of ether oxygens (including phenoxy) is 3. The van der Waals surface area contributed by atoms with Crippen molar-refractivity contribution in [2.45, 2.75) is 40.2 Å². The summed E-state index contributed by atoms with van der Waals surface area (Å²) < 4.78 is 15.0. The molecule has 0 aliphatic rings. The lowest BCUT2D eigenvalue weighted by Gasteiger charge is -2.20. The summed E-state index contributed by atoms with van der Waals surface area (Å²) in [5.41, 5.74) is 0.908. The van der Waals surface area contributed by atoms with Crippen LogP contribution in [0.4, 0.5) is 10.5 Å². The van der Waals surface area contributed by atoms with Crippen LogP contribution in [0.15, 0.2) is 18.2 Å². The minimum Gasteiger partial charge on any atom is -0.465 e. The van der Waals surface area contributed by atoms with E-state index in [1.54, 1.807) is 34.6 Å². The van der Waals surface area contributed by atoms with Crippen LogP contribution in [0.25, 0.3) is 11.4 Å². The Morgan fingerprint density at radius 2 is 1.86 bits per heavy atom. The largest absolute Gasteiger partial charge is 0.465 e. The summed E-state index contributed by atoms with van der Waals surface area (Å²) in [4.78, 5) is 43.5. The normalized spacial score (nSPS) is 11.0. The molecule has 0 radical (unpaired) electrons. The van der Waals surface area contributed by atoms with Gasteiger partial charge in [0.15, 0.2) is 5.69 Å². The number of nitrogens with one attached hydrogen (secondary N) is 2. The zero-order valence-electron chi connectivity index (χ0n) is 17.3. The number of nitrogens with zero attached hydrogens (tertiary/aromatic N) is 1. The number of aromatic amines is 1. The molecule has 0 bridgehead atoms. The number of aromatic nitrogens is 2. The van der Waals surface area contributed by atoms with Gasteiger partial charge in [0.05, 0.1) is 25.0 Å². The molecular formula is C20H25N3O6. The summed E-state index contributed by atoms with van der Waals surface area (Å²) in [6, 6.07) is 4.54. The van der Waals surface area contributed by atoms with E-state index in [2.05, 4.69) is 15.3 Å². The van der Waals surface area contributed by atoms with Crippen LogP contribution in [0.1, 0.15) is 54.2 Å². The molecule has 2 rings (SSSR count). The lowest BCUT2D eigenvalue weighted by Crippen LogP contribution is -2.27. The molecule has 0 saturated carbocycles. The third-order valence-corrected chi connectivity index (χ3v) is 3.68. The highest BCUT2D eigenvalue weighted by Gasteiger charge is 2.22. The maximum atomic E-state index is 12.2. The van der Waals surface area contributed by atoms with Gasteiger partial charge in [0.25, 0.3) is 0 Å². The highest BCUT2D eigenvalue weighted by Crippen LogP contribution is 2.29. The van der Waals surface area contributed by atoms with E-state index < -0.39 is 23.6 Å². The van der Waals surface area contributed by atoms with Crippen molar-refractivity contribution in [1.29, 1.82) is 0 Å². The van der Waals surface area contributed by atoms with Crippen molar-refractivity contribution in [2.75, 3.05) is 19.0 Å². The van der Waals surface area contributed by atoms with Gasteiger partial charge in [0.1, 0.15) is 11.4 Å². The van der Waals surface area contributed by atoms with Crippen LogP contribution in [0.2, 0.25) is 0 Å². The van der Waals surface area contributed by atoms with Gasteiger partial charge in [0.2, 0.25) is 0 Å². The molecule has 1 aromatic carbocycles. The first kappa shape index (κ1) is 21.9. The number of methoxy groups -OCH3 is 1. The molecule has 9 nitrogen and oxygen atoms in total. The van der Waals surface area contributed by atoms with Crippen LogP contribution in [-0.2, 0) is 14.2 Å². The lowest BCUT2D eigenvalue weighted by molar-refractivity contribution is 0.0517. The number of rotatable bonds is 5. The Balaban J connectivity index is 2.49. The first-order chi connectivity index (χ1) is 13.6. The van der Waals surface area contributed by atoms with Gasteiger partial charge < -0.3 is 19.2 Å². The fraction of sp³-hybridized carbons (Fsp3) is 0.400. The number of H-pyrrole nitrogens is 1. The summed E-state index contributed by atoms with van der Waals surface area (Å²) in [5, 5.41) is 2.64. The topological polar surface area (TPSA) is 120 Å². The first-order valence-corrected chi connectivity index (χ1v) is 9.02. The number of carbonyl (C=O) groups excluding carboxylic acids is 3. The van der Waals surface area contributed by atoms with Crippen LogP contribution in [0.3, 0.4) is 0 Å². The van der Waals surface area contributed by atoms with E-state index in [1.807, 2.05) is 0 Å². The maximum absolute atomic E-state index is 12.2. The molecule has 29 heavy (non-hydrogen) atoms. The monoisotopic (exact) mass is 403 g/mol. The number of amides is 1. The van der Waals surface area contributed by atoms with Crippen LogP contribution in [-0.4, -0.2) is 47.3 Å². The SMILES string of the molecule is CCOC(=O)c1nc(-c2cc(C(=O)OC)ccc2NC(=O)OC(C)(C)C)[nH]c1C. The number of imidazole rings is 1. The number of esters is 2. The highest BCUT2D eigenvalue weighted by atomic mass is 16.6. The minimum atomic E-state index is -0.686. The summed E-state index contributed by atoms with van der Waals surface area (Å²) in [6.45, 7) is 8.82. The second-order valence-electron chi connectivity index (χ2n) is 7.16. The quantitative estimate of drug-likeness (QED) is 0.577. The van der Waals surface area contributed by atoms with E-state index in [-0.39, 0.29) is 23.7 Å². The molecule has 1 amide bonds. The van der Waals surface area contributed by atoms with Gasteiger partial charge in [0, 0.05) is 11.3 Å². The van der Waals surface area contributed by atoms with Crippen molar-refractivity contribution in [3.05, 3.63) is 35.2 Å². The van der Waals surface area contributed by atoms with Crippen molar-refractivity contribution in [1.82, 2.24) is 9.97 Å². The molecule has 1 heterocycles. The molecule has 0 aliphatic heterocycles.